The molecule has 0 N–H and O–H groups in total. The predicted octanol–water partition coefficient (Wildman–Crippen LogP) is 11.2. The van der Waals surface area contributed by atoms with E-state index in [0.29, 0.717) is 29.2 Å². The molecule has 0 amide bonds. The van der Waals surface area contributed by atoms with E-state index in [1.54, 1.807) is 36.4 Å². The van der Waals surface area contributed by atoms with Crippen LogP contribution in [0.4, 0.5) is 13.2 Å². The van der Waals surface area contributed by atoms with Crippen molar-refractivity contribution < 1.29 is 22.6 Å². The number of unbranched alkanes of at least 4 members (excludes halogenated alkanes) is 7. The van der Waals surface area contributed by atoms with Gasteiger partial charge in [-0.3, -0.25) is 0 Å². The van der Waals surface area contributed by atoms with E-state index in [0.717, 1.165) is 50.7 Å². The molecule has 222 valence electrons. The molecule has 0 aliphatic carbocycles. The fraction of sp³-hybridized carbons (Fsp3) is 0.500. The molecular formula is C36H45F3O2. The van der Waals surface area contributed by atoms with Crippen molar-refractivity contribution >= 4 is 0 Å². The Balaban J connectivity index is 1.34. The van der Waals surface area contributed by atoms with Crippen molar-refractivity contribution in [2.24, 2.45) is 5.92 Å². The number of hydrogen-bond donors (Lipinski definition) is 0. The van der Waals surface area contributed by atoms with Crippen LogP contribution in [0.1, 0.15) is 103 Å². The van der Waals surface area contributed by atoms with Gasteiger partial charge in [0.15, 0.2) is 11.6 Å². The molecule has 0 saturated carbocycles. The third kappa shape index (κ3) is 8.61. The van der Waals surface area contributed by atoms with Crippen LogP contribution in [-0.2, 0) is 4.74 Å². The summed E-state index contributed by atoms with van der Waals surface area (Å²) in [6, 6.07) is 15.2. The Bertz CT molecular complexity index is 1220. The first kappa shape index (κ1) is 31.2. The van der Waals surface area contributed by atoms with E-state index in [1.807, 2.05) is 6.07 Å². The van der Waals surface area contributed by atoms with E-state index in [-0.39, 0.29) is 23.2 Å². The van der Waals surface area contributed by atoms with Crippen LogP contribution in [-0.4, -0.2) is 13.2 Å². The van der Waals surface area contributed by atoms with E-state index >= 15 is 4.39 Å². The van der Waals surface area contributed by atoms with Crippen LogP contribution in [0.2, 0.25) is 0 Å². The fourth-order valence-corrected chi connectivity index (χ4v) is 5.71. The second kappa shape index (κ2) is 16.0. The fourth-order valence-electron chi connectivity index (χ4n) is 5.71. The third-order valence-electron chi connectivity index (χ3n) is 8.26. The Morgan fingerprint density at radius 1 is 0.707 bits per heavy atom. The van der Waals surface area contributed by atoms with Gasteiger partial charge in [0.05, 0.1) is 19.3 Å². The first-order valence-electron chi connectivity index (χ1n) is 15.6. The van der Waals surface area contributed by atoms with E-state index in [2.05, 4.69) is 13.8 Å². The highest BCUT2D eigenvalue weighted by Crippen LogP contribution is 2.36. The lowest BCUT2D eigenvalue weighted by atomic mass is 9.90. The van der Waals surface area contributed by atoms with Gasteiger partial charge in [0, 0.05) is 11.1 Å². The number of hydrogen-bond acceptors (Lipinski definition) is 2. The van der Waals surface area contributed by atoms with Crippen molar-refractivity contribution in [3.63, 3.8) is 0 Å². The van der Waals surface area contributed by atoms with Crippen LogP contribution in [0.15, 0.2) is 54.6 Å². The van der Waals surface area contributed by atoms with Crippen molar-refractivity contribution in [3.8, 4) is 28.0 Å². The molecule has 0 aromatic heterocycles. The first-order chi connectivity index (χ1) is 20.0. The van der Waals surface area contributed by atoms with Gasteiger partial charge in [-0.1, -0.05) is 102 Å². The largest absolute Gasteiger partial charge is 0.490 e. The van der Waals surface area contributed by atoms with E-state index < -0.39 is 11.6 Å². The van der Waals surface area contributed by atoms with Crippen molar-refractivity contribution in [2.75, 3.05) is 13.2 Å². The van der Waals surface area contributed by atoms with E-state index in [4.69, 9.17) is 9.47 Å². The van der Waals surface area contributed by atoms with Crippen LogP contribution < -0.4 is 4.74 Å². The molecule has 0 radical (unpaired) electrons. The molecule has 41 heavy (non-hydrogen) atoms. The summed E-state index contributed by atoms with van der Waals surface area (Å²) in [5.41, 5.74) is 2.69. The molecule has 2 atom stereocenters. The maximum absolute atomic E-state index is 15.2. The molecule has 1 heterocycles. The lowest BCUT2D eigenvalue weighted by molar-refractivity contribution is -0.0200. The lowest BCUT2D eigenvalue weighted by Gasteiger charge is -2.29. The molecule has 2 nitrogen and oxygen atoms in total. The second-order valence-electron chi connectivity index (χ2n) is 11.4. The van der Waals surface area contributed by atoms with Crippen molar-refractivity contribution in [3.05, 3.63) is 77.6 Å². The summed E-state index contributed by atoms with van der Waals surface area (Å²) < 4.78 is 56.4. The number of halogens is 3. The highest BCUT2D eigenvalue weighted by Gasteiger charge is 2.24. The summed E-state index contributed by atoms with van der Waals surface area (Å²) in [4.78, 5) is 0. The number of benzene rings is 3. The van der Waals surface area contributed by atoms with Crippen LogP contribution in [0, 0.1) is 23.4 Å². The Hall–Kier alpha value is -2.79. The maximum Gasteiger partial charge on any atom is 0.201 e. The number of ether oxygens (including phenoxy) is 2. The summed E-state index contributed by atoms with van der Waals surface area (Å²) in [6.45, 7) is 5.46. The third-order valence-corrected chi connectivity index (χ3v) is 8.26. The number of rotatable bonds is 15. The normalized spacial score (nSPS) is 17.1. The van der Waals surface area contributed by atoms with Gasteiger partial charge in [0.25, 0.3) is 0 Å². The molecule has 1 aliphatic rings. The Kier molecular flexibility index (Phi) is 12.2. The Morgan fingerprint density at radius 2 is 1.37 bits per heavy atom. The molecule has 1 fully saturated rings. The monoisotopic (exact) mass is 566 g/mol. The highest BCUT2D eigenvalue weighted by atomic mass is 19.2. The minimum atomic E-state index is -0.980. The second-order valence-corrected chi connectivity index (χ2v) is 11.4. The molecule has 0 bridgehead atoms. The summed E-state index contributed by atoms with van der Waals surface area (Å²) in [6.07, 6.45) is 13.6. The van der Waals surface area contributed by atoms with Gasteiger partial charge in [-0.05, 0) is 66.5 Å². The van der Waals surface area contributed by atoms with Crippen LogP contribution in [0.5, 0.6) is 5.75 Å². The van der Waals surface area contributed by atoms with E-state index in [1.165, 1.54) is 50.7 Å². The average molecular weight is 567 g/mol. The van der Waals surface area contributed by atoms with Gasteiger partial charge in [-0.2, -0.15) is 4.39 Å². The molecular weight excluding hydrogens is 521 g/mol. The van der Waals surface area contributed by atoms with Gasteiger partial charge in [0.2, 0.25) is 5.82 Å². The molecule has 3 aromatic rings. The van der Waals surface area contributed by atoms with Crippen LogP contribution in [0.25, 0.3) is 22.3 Å². The molecule has 0 spiro atoms. The quantitative estimate of drug-likeness (QED) is 0.170. The zero-order valence-corrected chi connectivity index (χ0v) is 24.7. The minimum Gasteiger partial charge on any atom is -0.490 e. The standard InChI is InChI=1S/C36H45F3O2/c1-3-5-7-9-10-12-26-13-21-33(41-25-26)29-18-19-30(32(37)24-29)27-14-16-28(17-15-27)31-20-22-34(36(39)35(31)38)40-23-11-8-6-4-2/h14-20,22,24,26,33H,3-13,21,23,25H2,1-2H3. The average Bonchev–Trinajstić information content (AvgIpc) is 2.99. The zero-order chi connectivity index (χ0) is 29.0. The Labute approximate surface area is 244 Å². The first-order valence-corrected chi connectivity index (χ1v) is 15.6. The molecule has 2 unspecified atom stereocenters. The predicted molar refractivity (Wildman–Crippen MR) is 162 cm³/mol. The van der Waals surface area contributed by atoms with Crippen molar-refractivity contribution in [1.29, 1.82) is 0 Å². The summed E-state index contributed by atoms with van der Waals surface area (Å²) >= 11 is 0. The van der Waals surface area contributed by atoms with Crippen LogP contribution in [0.3, 0.4) is 0 Å². The smallest absolute Gasteiger partial charge is 0.201 e. The molecule has 3 aromatic carbocycles. The molecule has 5 heteroatoms. The molecule has 1 aliphatic heterocycles. The SMILES string of the molecule is CCCCCCCC1CCC(c2ccc(-c3ccc(-c4ccc(OCCCCCC)c(F)c4F)cc3)c(F)c2)OC1. The summed E-state index contributed by atoms with van der Waals surface area (Å²) in [5.74, 6) is -1.69. The van der Waals surface area contributed by atoms with E-state index in [9.17, 15) is 8.78 Å². The van der Waals surface area contributed by atoms with Crippen molar-refractivity contribution in [2.45, 2.75) is 97.0 Å². The molecule has 4 rings (SSSR count). The van der Waals surface area contributed by atoms with Gasteiger partial charge in [-0.15, -0.1) is 0 Å². The van der Waals surface area contributed by atoms with Crippen molar-refractivity contribution in [1.82, 2.24) is 0 Å². The minimum absolute atomic E-state index is 0.0681. The van der Waals surface area contributed by atoms with Gasteiger partial charge >= 0.3 is 0 Å². The van der Waals surface area contributed by atoms with Gasteiger partial charge < -0.3 is 9.47 Å². The lowest BCUT2D eigenvalue weighted by Crippen LogP contribution is -2.20. The Morgan fingerprint density at radius 3 is 2.02 bits per heavy atom. The topological polar surface area (TPSA) is 18.5 Å². The van der Waals surface area contributed by atoms with Gasteiger partial charge in [0.1, 0.15) is 5.82 Å². The maximum atomic E-state index is 15.2. The summed E-state index contributed by atoms with van der Waals surface area (Å²) in [7, 11) is 0. The molecule has 1 saturated heterocycles. The van der Waals surface area contributed by atoms with Crippen LogP contribution >= 0.6 is 0 Å². The zero-order valence-electron chi connectivity index (χ0n) is 24.7. The summed E-state index contributed by atoms with van der Waals surface area (Å²) in [5, 5.41) is 0. The van der Waals surface area contributed by atoms with Gasteiger partial charge in [-0.25, -0.2) is 8.78 Å². The highest BCUT2D eigenvalue weighted by molar-refractivity contribution is 5.71.